The Morgan fingerprint density at radius 3 is 3.00 bits per heavy atom. The molecule has 0 amide bonds. The zero-order valence-electron chi connectivity index (χ0n) is 11.1. The Kier molecular flexibility index (Phi) is 3.93. The molecule has 2 aliphatic rings. The number of nitrogens with zero attached hydrogens (tertiary/aromatic N) is 2. The summed E-state index contributed by atoms with van der Waals surface area (Å²) in [5.74, 6) is 2.09. The highest BCUT2D eigenvalue weighted by molar-refractivity contribution is 5.63. The van der Waals surface area contributed by atoms with E-state index in [1.807, 2.05) is 13.3 Å². The zero-order valence-corrected chi connectivity index (χ0v) is 11.1. The molecule has 1 fully saturated rings. The van der Waals surface area contributed by atoms with Crippen LogP contribution in [0.4, 0.5) is 0 Å². The van der Waals surface area contributed by atoms with E-state index in [0.717, 1.165) is 24.7 Å². The van der Waals surface area contributed by atoms with Crippen molar-refractivity contribution in [3.8, 4) is 0 Å². The molecule has 0 aromatic rings. The second-order valence-corrected chi connectivity index (χ2v) is 5.22. The predicted molar refractivity (Wildman–Crippen MR) is 74.7 cm³/mol. The van der Waals surface area contributed by atoms with Gasteiger partial charge in [-0.2, -0.15) is 0 Å². The average Bonchev–Trinajstić information content (AvgIpc) is 3.08. The van der Waals surface area contributed by atoms with Gasteiger partial charge in [-0.1, -0.05) is 18.6 Å². The molecule has 0 radical (unpaired) electrons. The lowest BCUT2D eigenvalue weighted by Crippen LogP contribution is -1.97. The van der Waals surface area contributed by atoms with Gasteiger partial charge in [-0.15, -0.1) is 0 Å². The summed E-state index contributed by atoms with van der Waals surface area (Å²) in [5, 5.41) is 0. The fourth-order valence-corrected chi connectivity index (χ4v) is 2.46. The van der Waals surface area contributed by atoms with Crippen LogP contribution >= 0.6 is 0 Å². The summed E-state index contributed by atoms with van der Waals surface area (Å²) >= 11 is 0. The number of hydrogen-bond donors (Lipinski definition) is 0. The van der Waals surface area contributed by atoms with Gasteiger partial charge in [0.15, 0.2) is 0 Å². The summed E-state index contributed by atoms with van der Waals surface area (Å²) in [6, 6.07) is 0. The van der Waals surface area contributed by atoms with E-state index in [0.29, 0.717) is 5.92 Å². The molecule has 92 valence electrons. The van der Waals surface area contributed by atoms with Crippen LogP contribution in [0.2, 0.25) is 0 Å². The van der Waals surface area contributed by atoms with Gasteiger partial charge in [0, 0.05) is 31.1 Å². The monoisotopic (exact) mass is 230 g/mol. The molecular formula is C15H22N2. The largest absolute Gasteiger partial charge is 0.301 e. The van der Waals surface area contributed by atoms with Gasteiger partial charge in [0.2, 0.25) is 0 Å². The van der Waals surface area contributed by atoms with Crippen LogP contribution in [-0.4, -0.2) is 19.5 Å². The third-order valence-corrected chi connectivity index (χ3v) is 3.67. The van der Waals surface area contributed by atoms with Crippen LogP contribution in [0.1, 0.15) is 33.1 Å². The van der Waals surface area contributed by atoms with Crippen LogP contribution in [-0.2, 0) is 0 Å². The van der Waals surface area contributed by atoms with Gasteiger partial charge in [-0.3, -0.25) is 4.99 Å². The highest BCUT2D eigenvalue weighted by Crippen LogP contribution is 2.51. The Bertz CT molecular complexity index is 388. The van der Waals surface area contributed by atoms with Crippen LogP contribution in [0.5, 0.6) is 0 Å². The van der Waals surface area contributed by atoms with E-state index >= 15 is 0 Å². The van der Waals surface area contributed by atoms with E-state index in [1.54, 1.807) is 0 Å². The summed E-state index contributed by atoms with van der Waals surface area (Å²) in [4.78, 5) is 8.66. The lowest BCUT2D eigenvalue weighted by atomic mass is 10.0. The molecular weight excluding hydrogens is 208 g/mol. The molecule has 0 aromatic heterocycles. The minimum atomic E-state index is 0.558. The topological polar surface area (TPSA) is 24.7 Å². The molecule has 3 unspecified atom stereocenters. The van der Waals surface area contributed by atoms with Gasteiger partial charge in [0.1, 0.15) is 0 Å². The molecule has 2 rings (SSSR count). The number of hydrogen-bond acceptors (Lipinski definition) is 2. The lowest BCUT2D eigenvalue weighted by molar-refractivity contribution is 0.723. The minimum absolute atomic E-state index is 0.558. The summed E-state index contributed by atoms with van der Waals surface area (Å²) in [7, 11) is 1.83. The maximum Gasteiger partial charge on any atom is 0.0436 e. The molecule has 0 saturated heterocycles. The number of fused-ring (bicyclic) bond motifs is 1. The third-order valence-electron chi connectivity index (χ3n) is 3.67. The van der Waals surface area contributed by atoms with E-state index in [9.17, 15) is 0 Å². The van der Waals surface area contributed by atoms with Crippen molar-refractivity contribution in [3.63, 3.8) is 0 Å². The maximum atomic E-state index is 4.62. The Morgan fingerprint density at radius 1 is 1.41 bits per heavy atom. The molecule has 0 bridgehead atoms. The summed E-state index contributed by atoms with van der Waals surface area (Å²) in [6.45, 7) is 4.43. The Hall–Kier alpha value is -1.18. The molecule has 0 spiro atoms. The molecule has 0 N–H and O–H groups in total. The smallest absolute Gasteiger partial charge is 0.0436 e. The van der Waals surface area contributed by atoms with E-state index in [2.05, 4.69) is 42.2 Å². The second kappa shape index (κ2) is 5.44. The van der Waals surface area contributed by atoms with E-state index in [-0.39, 0.29) is 0 Å². The molecule has 0 heterocycles. The molecule has 2 heteroatoms. The van der Waals surface area contributed by atoms with Crippen molar-refractivity contribution in [2.45, 2.75) is 33.1 Å². The molecule has 1 saturated carbocycles. The molecule has 3 atom stereocenters. The highest BCUT2D eigenvalue weighted by atomic mass is 14.8. The van der Waals surface area contributed by atoms with Crippen molar-refractivity contribution >= 4 is 12.4 Å². The fourth-order valence-electron chi connectivity index (χ4n) is 2.46. The number of rotatable bonds is 5. The third kappa shape index (κ3) is 3.15. The van der Waals surface area contributed by atoms with Crippen molar-refractivity contribution in [1.82, 2.24) is 0 Å². The van der Waals surface area contributed by atoms with Crippen molar-refractivity contribution in [2.24, 2.45) is 27.7 Å². The highest BCUT2D eigenvalue weighted by Gasteiger charge is 2.42. The average molecular weight is 230 g/mol. The van der Waals surface area contributed by atoms with Crippen molar-refractivity contribution in [2.75, 3.05) is 7.05 Å². The minimum Gasteiger partial charge on any atom is -0.301 e. The van der Waals surface area contributed by atoms with Crippen LogP contribution in [0.3, 0.4) is 0 Å². The SMILES string of the molecule is CN=CC(C)CCC=NC1=CC=C(C)C2CC12. The standard InChI is InChI=1S/C15H22N2/c1-11(10-16-3)5-4-8-17-15-7-6-12(2)13-9-14(13)15/h6-8,10-11,13-14H,4-5,9H2,1-3H3. The molecule has 2 nitrogen and oxygen atoms in total. The normalized spacial score (nSPS) is 29.1. The zero-order chi connectivity index (χ0) is 12.3. The second-order valence-electron chi connectivity index (χ2n) is 5.22. The summed E-state index contributed by atoms with van der Waals surface area (Å²) < 4.78 is 0. The van der Waals surface area contributed by atoms with Gasteiger partial charge < -0.3 is 4.99 Å². The van der Waals surface area contributed by atoms with Gasteiger partial charge >= 0.3 is 0 Å². The van der Waals surface area contributed by atoms with Crippen molar-refractivity contribution < 1.29 is 0 Å². The first-order chi connectivity index (χ1) is 8.22. The van der Waals surface area contributed by atoms with E-state index in [1.165, 1.54) is 17.7 Å². The molecule has 2 aliphatic carbocycles. The summed E-state index contributed by atoms with van der Waals surface area (Å²) in [6.07, 6.45) is 12.0. The number of aliphatic imine (C=N–C) groups is 2. The van der Waals surface area contributed by atoms with Crippen molar-refractivity contribution in [3.05, 3.63) is 23.4 Å². The van der Waals surface area contributed by atoms with E-state index in [4.69, 9.17) is 0 Å². The maximum absolute atomic E-state index is 4.62. The first-order valence-electron chi connectivity index (χ1n) is 6.55. The number of allylic oxidation sites excluding steroid dienone is 4. The Morgan fingerprint density at radius 2 is 2.24 bits per heavy atom. The van der Waals surface area contributed by atoms with Crippen LogP contribution in [0.15, 0.2) is 33.4 Å². The fraction of sp³-hybridized carbons (Fsp3) is 0.600. The van der Waals surface area contributed by atoms with Gasteiger partial charge in [0.25, 0.3) is 0 Å². The predicted octanol–water partition coefficient (Wildman–Crippen LogP) is 3.65. The first kappa shape index (κ1) is 12.3. The molecule has 0 aliphatic heterocycles. The quantitative estimate of drug-likeness (QED) is 0.644. The van der Waals surface area contributed by atoms with Gasteiger partial charge in [-0.25, -0.2) is 0 Å². The first-order valence-corrected chi connectivity index (χ1v) is 6.55. The van der Waals surface area contributed by atoms with Gasteiger partial charge in [0.05, 0.1) is 0 Å². The Balaban J connectivity index is 1.78. The van der Waals surface area contributed by atoms with Crippen LogP contribution in [0, 0.1) is 17.8 Å². The lowest BCUT2D eigenvalue weighted by Gasteiger charge is -2.07. The van der Waals surface area contributed by atoms with Crippen LogP contribution in [0.25, 0.3) is 0 Å². The molecule has 17 heavy (non-hydrogen) atoms. The van der Waals surface area contributed by atoms with Crippen LogP contribution < -0.4 is 0 Å². The summed E-state index contributed by atoms with van der Waals surface area (Å²) in [5.41, 5.74) is 2.82. The van der Waals surface area contributed by atoms with E-state index < -0.39 is 0 Å². The van der Waals surface area contributed by atoms with Gasteiger partial charge in [-0.05, 0) is 44.1 Å². The Labute approximate surface area is 104 Å². The molecule has 0 aromatic carbocycles. The van der Waals surface area contributed by atoms with Crippen molar-refractivity contribution in [1.29, 1.82) is 0 Å².